The van der Waals surface area contributed by atoms with E-state index in [9.17, 15) is 4.79 Å². The van der Waals surface area contributed by atoms with Crippen molar-refractivity contribution in [1.29, 1.82) is 0 Å². The molecule has 5 nitrogen and oxygen atoms in total. The van der Waals surface area contributed by atoms with Crippen molar-refractivity contribution in [3.8, 4) is 11.5 Å². The van der Waals surface area contributed by atoms with E-state index in [1.165, 1.54) is 0 Å². The Morgan fingerprint density at radius 3 is 2.74 bits per heavy atom. The quantitative estimate of drug-likeness (QED) is 0.480. The summed E-state index contributed by atoms with van der Waals surface area (Å²) in [6, 6.07) is 16.4. The summed E-state index contributed by atoms with van der Waals surface area (Å²) in [6.07, 6.45) is 1.55. The van der Waals surface area contributed by atoms with Gasteiger partial charge in [0.2, 0.25) is 0 Å². The average molecular weight is 403 g/mol. The molecule has 0 atom stereocenters. The van der Waals surface area contributed by atoms with Crippen molar-refractivity contribution in [1.82, 2.24) is 5.43 Å². The van der Waals surface area contributed by atoms with Gasteiger partial charge in [-0.15, -0.1) is 0 Å². The van der Waals surface area contributed by atoms with Gasteiger partial charge >= 0.3 is 0 Å². The summed E-state index contributed by atoms with van der Waals surface area (Å²) in [6.45, 7) is -0.246. The molecule has 0 aliphatic rings. The van der Waals surface area contributed by atoms with Crippen LogP contribution in [0.15, 0.2) is 59.7 Å². The molecule has 0 spiro atoms. The molecule has 0 bridgehead atoms. The van der Waals surface area contributed by atoms with Crippen LogP contribution in [0.4, 0.5) is 0 Å². The Balaban J connectivity index is 1.68. The van der Waals surface area contributed by atoms with Gasteiger partial charge in [-0.1, -0.05) is 53.5 Å². The number of hydrogen-bond acceptors (Lipinski definition) is 4. The fraction of sp³-hybridized carbons (Fsp3) is 0.100. The molecule has 27 heavy (non-hydrogen) atoms. The number of nitrogens with zero attached hydrogens (tertiary/aromatic N) is 1. The van der Waals surface area contributed by atoms with E-state index in [1.807, 2.05) is 36.4 Å². The fourth-order valence-corrected chi connectivity index (χ4v) is 2.85. The molecule has 0 aliphatic carbocycles. The minimum atomic E-state index is -0.429. The SMILES string of the molecule is COc1ccc2ccccc2c1/C=N/NC(=O)COc1cc(Cl)ccc1Cl. The number of nitrogens with one attached hydrogen (secondary N) is 1. The Labute approximate surface area is 166 Å². The van der Waals surface area contributed by atoms with Gasteiger partial charge in [-0.05, 0) is 29.0 Å². The Kier molecular flexibility index (Phi) is 6.16. The number of halogens is 2. The molecule has 0 aliphatic heterocycles. The van der Waals surface area contributed by atoms with E-state index in [1.54, 1.807) is 31.5 Å². The molecule has 1 amide bonds. The number of methoxy groups -OCH3 is 1. The van der Waals surface area contributed by atoms with Gasteiger partial charge < -0.3 is 9.47 Å². The van der Waals surface area contributed by atoms with Crippen molar-refractivity contribution in [2.45, 2.75) is 0 Å². The maximum Gasteiger partial charge on any atom is 0.277 e. The predicted octanol–water partition coefficient (Wildman–Crippen LogP) is 4.68. The second-order valence-corrected chi connectivity index (χ2v) is 6.40. The van der Waals surface area contributed by atoms with Crippen molar-refractivity contribution >= 4 is 46.1 Å². The Bertz CT molecular complexity index is 1010. The molecule has 3 rings (SSSR count). The normalized spacial score (nSPS) is 10.9. The first-order chi connectivity index (χ1) is 13.1. The number of rotatable bonds is 6. The van der Waals surface area contributed by atoms with Gasteiger partial charge in [-0.3, -0.25) is 4.79 Å². The third kappa shape index (κ3) is 4.70. The molecule has 0 heterocycles. The predicted molar refractivity (Wildman–Crippen MR) is 108 cm³/mol. The van der Waals surface area contributed by atoms with Crippen molar-refractivity contribution in [2.75, 3.05) is 13.7 Å². The molecular formula is C20H16Cl2N2O3. The van der Waals surface area contributed by atoms with Crippen molar-refractivity contribution in [3.05, 3.63) is 70.2 Å². The number of amides is 1. The van der Waals surface area contributed by atoms with Gasteiger partial charge in [0.15, 0.2) is 6.61 Å². The molecule has 3 aromatic rings. The minimum absolute atomic E-state index is 0.246. The number of carbonyl (C=O) groups is 1. The van der Waals surface area contributed by atoms with Crippen molar-refractivity contribution in [2.24, 2.45) is 5.10 Å². The molecule has 138 valence electrons. The Morgan fingerprint density at radius 1 is 1.11 bits per heavy atom. The second-order valence-electron chi connectivity index (χ2n) is 5.56. The van der Waals surface area contributed by atoms with Gasteiger partial charge in [0, 0.05) is 16.7 Å². The van der Waals surface area contributed by atoms with Crippen LogP contribution in [-0.4, -0.2) is 25.8 Å². The van der Waals surface area contributed by atoms with Crippen LogP contribution in [0.5, 0.6) is 11.5 Å². The highest BCUT2D eigenvalue weighted by atomic mass is 35.5. The van der Waals surface area contributed by atoms with E-state index in [0.29, 0.717) is 21.5 Å². The summed E-state index contributed by atoms with van der Waals surface area (Å²) in [7, 11) is 1.59. The largest absolute Gasteiger partial charge is 0.496 e. The smallest absolute Gasteiger partial charge is 0.277 e. The highest BCUT2D eigenvalue weighted by Crippen LogP contribution is 2.28. The van der Waals surface area contributed by atoms with Gasteiger partial charge in [0.1, 0.15) is 11.5 Å². The highest BCUT2D eigenvalue weighted by Gasteiger charge is 2.08. The summed E-state index contributed by atoms with van der Waals surface area (Å²) in [5.74, 6) is 0.564. The molecule has 7 heteroatoms. The van der Waals surface area contributed by atoms with Crippen LogP contribution in [0.1, 0.15) is 5.56 Å². The topological polar surface area (TPSA) is 59.9 Å². The zero-order valence-corrected chi connectivity index (χ0v) is 15.9. The lowest BCUT2D eigenvalue weighted by Crippen LogP contribution is -2.24. The van der Waals surface area contributed by atoms with Crippen LogP contribution < -0.4 is 14.9 Å². The number of hydrazone groups is 1. The third-order valence-electron chi connectivity index (χ3n) is 3.79. The molecule has 0 fully saturated rings. The van der Waals surface area contributed by atoms with Crippen LogP contribution in [0.2, 0.25) is 10.0 Å². The molecule has 1 N–H and O–H groups in total. The summed E-state index contributed by atoms with van der Waals surface area (Å²) >= 11 is 11.9. The Morgan fingerprint density at radius 2 is 1.93 bits per heavy atom. The first-order valence-electron chi connectivity index (χ1n) is 8.04. The zero-order valence-electron chi connectivity index (χ0n) is 14.4. The van der Waals surface area contributed by atoms with Crippen LogP contribution in [0.25, 0.3) is 10.8 Å². The van der Waals surface area contributed by atoms with E-state index in [4.69, 9.17) is 32.7 Å². The van der Waals surface area contributed by atoms with Crippen LogP contribution in [-0.2, 0) is 4.79 Å². The standard InChI is InChI=1S/C20H16Cl2N2O3/c1-26-18-9-6-13-4-2-3-5-15(13)16(18)11-23-24-20(25)12-27-19-10-14(21)7-8-17(19)22/h2-11H,12H2,1H3,(H,24,25)/b23-11+. The second kappa shape index (κ2) is 8.75. The fourth-order valence-electron chi connectivity index (χ4n) is 2.52. The number of ether oxygens (including phenoxy) is 2. The summed E-state index contributed by atoms with van der Waals surface area (Å²) in [5, 5.41) is 6.86. The molecule has 3 aromatic carbocycles. The van der Waals surface area contributed by atoms with E-state index < -0.39 is 5.91 Å². The lowest BCUT2D eigenvalue weighted by molar-refractivity contribution is -0.123. The lowest BCUT2D eigenvalue weighted by Gasteiger charge is -2.09. The molecule has 0 radical (unpaired) electrons. The first kappa shape index (κ1) is 19.0. The number of benzene rings is 3. The maximum atomic E-state index is 12.0. The summed E-state index contributed by atoms with van der Waals surface area (Å²) in [4.78, 5) is 12.0. The maximum absolute atomic E-state index is 12.0. The van der Waals surface area contributed by atoms with E-state index in [2.05, 4.69) is 10.5 Å². The lowest BCUT2D eigenvalue weighted by atomic mass is 10.0. The third-order valence-corrected chi connectivity index (χ3v) is 4.33. The number of carbonyl (C=O) groups excluding carboxylic acids is 1. The molecule has 0 aromatic heterocycles. The van der Waals surface area contributed by atoms with Gasteiger partial charge in [-0.2, -0.15) is 5.10 Å². The average Bonchev–Trinajstić information content (AvgIpc) is 2.68. The van der Waals surface area contributed by atoms with Gasteiger partial charge in [0.05, 0.1) is 18.3 Å². The number of fused-ring (bicyclic) bond motifs is 1. The van der Waals surface area contributed by atoms with Gasteiger partial charge in [0.25, 0.3) is 5.91 Å². The van der Waals surface area contributed by atoms with Crippen molar-refractivity contribution < 1.29 is 14.3 Å². The summed E-state index contributed by atoms with van der Waals surface area (Å²) in [5.41, 5.74) is 3.20. The van der Waals surface area contributed by atoms with E-state index in [-0.39, 0.29) is 6.61 Å². The first-order valence-corrected chi connectivity index (χ1v) is 8.79. The van der Waals surface area contributed by atoms with Crippen molar-refractivity contribution in [3.63, 3.8) is 0 Å². The molecule has 0 saturated heterocycles. The molecular weight excluding hydrogens is 387 g/mol. The zero-order chi connectivity index (χ0) is 19.2. The van der Waals surface area contributed by atoms with Crippen LogP contribution >= 0.6 is 23.2 Å². The summed E-state index contributed by atoms with van der Waals surface area (Å²) < 4.78 is 10.8. The number of hydrogen-bond donors (Lipinski definition) is 1. The van der Waals surface area contributed by atoms with E-state index in [0.717, 1.165) is 16.3 Å². The molecule has 0 unspecified atom stereocenters. The molecule has 0 saturated carbocycles. The van der Waals surface area contributed by atoms with Crippen LogP contribution in [0.3, 0.4) is 0 Å². The van der Waals surface area contributed by atoms with Crippen LogP contribution in [0, 0.1) is 0 Å². The minimum Gasteiger partial charge on any atom is -0.496 e. The monoisotopic (exact) mass is 402 g/mol. The van der Waals surface area contributed by atoms with E-state index >= 15 is 0 Å². The highest BCUT2D eigenvalue weighted by molar-refractivity contribution is 6.34. The van der Waals surface area contributed by atoms with Gasteiger partial charge in [-0.25, -0.2) is 5.43 Å². The Hall–Kier alpha value is -2.76.